The first-order valence-corrected chi connectivity index (χ1v) is 9.97. The van der Waals surface area contributed by atoms with E-state index in [1.165, 1.54) is 4.90 Å². The van der Waals surface area contributed by atoms with Crippen LogP contribution < -0.4 is 0 Å². The first kappa shape index (κ1) is 18.1. The highest BCUT2D eigenvalue weighted by atomic mass is 35.5. The van der Waals surface area contributed by atoms with Crippen LogP contribution in [-0.2, 0) is 9.59 Å². The Labute approximate surface area is 172 Å². The predicted octanol–water partition coefficient (Wildman–Crippen LogP) is 2.92. The Morgan fingerprint density at radius 1 is 1.03 bits per heavy atom. The van der Waals surface area contributed by atoms with E-state index in [2.05, 4.69) is 5.10 Å². The molecule has 0 saturated carbocycles. The first-order chi connectivity index (χ1) is 14.0. The minimum absolute atomic E-state index is 0.237. The van der Waals surface area contributed by atoms with Gasteiger partial charge in [0.2, 0.25) is 11.8 Å². The molecule has 29 heavy (non-hydrogen) atoms. The summed E-state index contributed by atoms with van der Waals surface area (Å²) in [5.74, 6) is -2.26. The number of hydrazone groups is 1. The minimum atomic E-state index is -0.873. The van der Waals surface area contributed by atoms with E-state index in [9.17, 15) is 14.4 Å². The zero-order valence-corrected chi connectivity index (χ0v) is 16.4. The van der Waals surface area contributed by atoms with Crippen LogP contribution in [0.15, 0.2) is 53.6 Å². The number of halogens is 1. The van der Waals surface area contributed by atoms with Crippen molar-refractivity contribution in [1.82, 2.24) is 9.91 Å². The van der Waals surface area contributed by atoms with Crippen molar-refractivity contribution in [1.29, 1.82) is 0 Å². The Kier molecular flexibility index (Phi) is 4.06. The van der Waals surface area contributed by atoms with Crippen molar-refractivity contribution in [3.05, 3.63) is 70.2 Å². The highest BCUT2D eigenvalue weighted by molar-refractivity contribution is 6.34. The largest absolute Gasteiger partial charge is 0.292 e. The average molecular weight is 408 g/mol. The number of nitrogens with zero attached hydrogens (tertiary/aromatic N) is 3. The van der Waals surface area contributed by atoms with Crippen LogP contribution in [0.2, 0.25) is 5.02 Å². The van der Waals surface area contributed by atoms with Crippen LogP contribution in [0.4, 0.5) is 0 Å². The van der Waals surface area contributed by atoms with Gasteiger partial charge in [0, 0.05) is 12.1 Å². The highest BCUT2D eigenvalue weighted by Crippen LogP contribution is 2.52. The number of ketones is 1. The number of carbonyl (C=O) groups excluding carboxylic acids is 3. The van der Waals surface area contributed by atoms with Crippen molar-refractivity contribution in [2.75, 3.05) is 6.54 Å². The van der Waals surface area contributed by atoms with Gasteiger partial charge in [-0.15, -0.1) is 0 Å². The van der Waals surface area contributed by atoms with Crippen LogP contribution in [0.3, 0.4) is 0 Å². The third-order valence-corrected chi connectivity index (χ3v) is 6.44. The molecule has 3 aliphatic rings. The molecule has 3 heterocycles. The Morgan fingerprint density at radius 3 is 2.48 bits per heavy atom. The van der Waals surface area contributed by atoms with Gasteiger partial charge in [0.05, 0.1) is 29.1 Å². The fourth-order valence-electron chi connectivity index (χ4n) is 4.86. The molecule has 0 bridgehead atoms. The maximum absolute atomic E-state index is 13.5. The molecular weight excluding hydrogens is 390 g/mol. The monoisotopic (exact) mass is 407 g/mol. The molecule has 2 saturated heterocycles. The molecule has 0 radical (unpaired) electrons. The molecule has 0 spiro atoms. The van der Waals surface area contributed by atoms with Gasteiger partial charge >= 0.3 is 0 Å². The second kappa shape index (κ2) is 6.52. The summed E-state index contributed by atoms with van der Waals surface area (Å²) < 4.78 is 0. The third-order valence-electron chi connectivity index (χ3n) is 6.11. The van der Waals surface area contributed by atoms with E-state index < -0.39 is 23.9 Å². The van der Waals surface area contributed by atoms with E-state index in [4.69, 9.17) is 11.6 Å². The Hall–Kier alpha value is -2.99. The third kappa shape index (κ3) is 2.42. The van der Waals surface area contributed by atoms with Gasteiger partial charge in [0.1, 0.15) is 6.04 Å². The highest BCUT2D eigenvalue weighted by Gasteiger charge is 2.64. The quantitative estimate of drug-likeness (QED) is 0.579. The van der Waals surface area contributed by atoms with Gasteiger partial charge < -0.3 is 0 Å². The number of hydrogen-bond donors (Lipinski definition) is 0. The molecule has 2 fully saturated rings. The van der Waals surface area contributed by atoms with Crippen molar-refractivity contribution >= 4 is 35.4 Å². The number of carbonyl (C=O) groups is 3. The Balaban J connectivity index is 1.68. The second-order valence-corrected chi connectivity index (χ2v) is 7.87. The average Bonchev–Trinajstić information content (AvgIpc) is 3.20. The molecule has 2 aromatic rings. The number of likely N-dealkylation sites (tertiary alicyclic amines) is 1. The fourth-order valence-corrected chi connectivity index (χ4v) is 5.09. The number of hydrogen-bond acceptors (Lipinski definition) is 5. The summed E-state index contributed by atoms with van der Waals surface area (Å²) in [5, 5.41) is 6.48. The normalized spacial score (nSPS) is 27.1. The van der Waals surface area contributed by atoms with Crippen LogP contribution in [0.25, 0.3) is 0 Å². The van der Waals surface area contributed by atoms with Crippen LogP contribution >= 0.6 is 11.6 Å². The van der Waals surface area contributed by atoms with Gasteiger partial charge in [-0.2, -0.15) is 5.10 Å². The number of fused-ring (bicyclic) bond motifs is 5. The standard InChI is InChI=1S/C22H18ClN3O3/c1-2-25-21(28)16-17(22(25)29)19(20(27)14-9-5-6-10-15(14)23)26-18(16)13-8-4-3-7-12(13)11-24-26/h3-11,16-19H,2H2,1H3. The van der Waals surface area contributed by atoms with Gasteiger partial charge in [-0.1, -0.05) is 48.0 Å². The zero-order valence-electron chi connectivity index (χ0n) is 15.7. The van der Waals surface area contributed by atoms with Gasteiger partial charge in [0.25, 0.3) is 0 Å². The van der Waals surface area contributed by atoms with Gasteiger partial charge in [-0.25, -0.2) is 0 Å². The first-order valence-electron chi connectivity index (χ1n) is 9.59. The van der Waals surface area contributed by atoms with Crippen LogP contribution in [0.5, 0.6) is 0 Å². The summed E-state index contributed by atoms with van der Waals surface area (Å²) in [7, 11) is 0. The lowest BCUT2D eigenvalue weighted by Gasteiger charge is -2.33. The van der Waals surface area contributed by atoms with Crippen molar-refractivity contribution in [3.8, 4) is 0 Å². The summed E-state index contributed by atoms with van der Waals surface area (Å²) in [6.07, 6.45) is 1.69. The van der Waals surface area contributed by atoms with Crippen LogP contribution in [0.1, 0.15) is 34.5 Å². The topological polar surface area (TPSA) is 70.1 Å². The molecule has 5 rings (SSSR count). The lowest BCUT2D eigenvalue weighted by molar-refractivity contribution is -0.141. The number of benzene rings is 2. The minimum Gasteiger partial charge on any atom is -0.292 e. The predicted molar refractivity (Wildman–Crippen MR) is 108 cm³/mol. The van der Waals surface area contributed by atoms with E-state index in [1.54, 1.807) is 42.4 Å². The van der Waals surface area contributed by atoms with E-state index in [0.717, 1.165) is 11.1 Å². The number of Topliss-reactive ketones (excluding diaryl/α,β-unsaturated/α-hetero) is 1. The molecular formula is C22H18ClN3O3. The maximum atomic E-state index is 13.5. The van der Waals surface area contributed by atoms with E-state index in [1.807, 2.05) is 24.3 Å². The van der Waals surface area contributed by atoms with Gasteiger partial charge in [0.15, 0.2) is 5.78 Å². The molecule has 6 nitrogen and oxygen atoms in total. The van der Waals surface area contributed by atoms with E-state index in [0.29, 0.717) is 10.6 Å². The maximum Gasteiger partial charge on any atom is 0.235 e. The molecule has 2 aromatic carbocycles. The molecule has 0 aromatic heterocycles. The molecule has 4 atom stereocenters. The summed E-state index contributed by atoms with van der Waals surface area (Å²) in [4.78, 5) is 41.1. The Morgan fingerprint density at radius 2 is 1.72 bits per heavy atom. The molecule has 3 aliphatic heterocycles. The molecule has 7 heteroatoms. The second-order valence-electron chi connectivity index (χ2n) is 7.46. The summed E-state index contributed by atoms with van der Waals surface area (Å²) in [5.41, 5.74) is 2.14. The van der Waals surface area contributed by atoms with Crippen molar-refractivity contribution in [2.45, 2.75) is 19.0 Å². The van der Waals surface area contributed by atoms with Crippen molar-refractivity contribution in [2.24, 2.45) is 16.9 Å². The molecule has 2 amide bonds. The molecule has 146 valence electrons. The number of imide groups is 1. The van der Waals surface area contributed by atoms with Crippen molar-refractivity contribution < 1.29 is 14.4 Å². The molecule has 0 aliphatic carbocycles. The van der Waals surface area contributed by atoms with Crippen LogP contribution in [0, 0.1) is 11.8 Å². The van der Waals surface area contributed by atoms with E-state index in [-0.39, 0.29) is 24.1 Å². The molecule has 4 unspecified atom stereocenters. The van der Waals surface area contributed by atoms with Crippen molar-refractivity contribution in [3.63, 3.8) is 0 Å². The van der Waals surface area contributed by atoms with Gasteiger partial charge in [-0.05, 0) is 30.2 Å². The summed E-state index contributed by atoms with van der Waals surface area (Å²) in [6, 6.07) is 13.1. The zero-order chi connectivity index (χ0) is 20.3. The van der Waals surface area contributed by atoms with E-state index >= 15 is 0 Å². The fraction of sp³-hybridized carbons (Fsp3) is 0.273. The number of rotatable bonds is 3. The summed E-state index contributed by atoms with van der Waals surface area (Å²) in [6.45, 7) is 2.06. The smallest absolute Gasteiger partial charge is 0.235 e. The van der Waals surface area contributed by atoms with Gasteiger partial charge in [-0.3, -0.25) is 24.3 Å². The number of amides is 2. The molecule has 0 N–H and O–H groups in total. The summed E-state index contributed by atoms with van der Waals surface area (Å²) >= 11 is 6.28. The lowest BCUT2D eigenvalue weighted by Crippen LogP contribution is -2.44. The van der Waals surface area contributed by atoms with Crippen LogP contribution in [-0.4, -0.2) is 46.3 Å². The lowest BCUT2D eigenvalue weighted by atomic mass is 9.83. The SMILES string of the molecule is CCN1C(=O)C2C(C1=O)C1c3ccccc3C=NN1C2C(=O)c1ccccc1Cl. The Bertz CT molecular complexity index is 1080.